The van der Waals surface area contributed by atoms with Gasteiger partial charge in [0, 0.05) is 16.6 Å². The molecule has 0 saturated heterocycles. The Kier molecular flexibility index (Phi) is 4.49. The van der Waals surface area contributed by atoms with Gasteiger partial charge in [0.15, 0.2) is 0 Å². The van der Waals surface area contributed by atoms with Crippen molar-refractivity contribution in [3.8, 4) is 5.75 Å². The summed E-state index contributed by atoms with van der Waals surface area (Å²) in [6.07, 6.45) is 0.333. The zero-order valence-corrected chi connectivity index (χ0v) is 12.5. The maximum atomic E-state index is 13.4. The van der Waals surface area contributed by atoms with E-state index in [4.69, 9.17) is 22.1 Å². The van der Waals surface area contributed by atoms with Gasteiger partial charge in [0.05, 0.1) is 7.11 Å². The normalized spacial score (nSPS) is 13.8. The van der Waals surface area contributed by atoms with Gasteiger partial charge in [0.25, 0.3) is 0 Å². The standard InChI is InChI=1S/C16H16ClF2NO/c1-16(20,11-6-13(18)8-14(19)7-11)9-10-5-12(17)3-4-15(10)21-2/h3-8H,9,20H2,1-2H3. The van der Waals surface area contributed by atoms with Gasteiger partial charge >= 0.3 is 0 Å². The summed E-state index contributed by atoms with van der Waals surface area (Å²) < 4.78 is 32.0. The Labute approximate surface area is 127 Å². The summed E-state index contributed by atoms with van der Waals surface area (Å²) in [5.41, 5.74) is 6.45. The number of ether oxygens (including phenoxy) is 1. The number of methoxy groups -OCH3 is 1. The number of hydrogen-bond donors (Lipinski definition) is 1. The van der Waals surface area contributed by atoms with Crippen LogP contribution in [0.5, 0.6) is 5.75 Å². The number of benzene rings is 2. The molecule has 1 atom stereocenters. The SMILES string of the molecule is COc1ccc(Cl)cc1CC(C)(N)c1cc(F)cc(F)c1. The number of nitrogens with two attached hydrogens (primary N) is 1. The predicted octanol–water partition coefficient (Wildman–Crippen LogP) is 4.04. The van der Waals surface area contributed by atoms with Gasteiger partial charge in [0.2, 0.25) is 0 Å². The summed E-state index contributed by atoms with van der Waals surface area (Å²) in [6.45, 7) is 1.71. The lowest BCUT2D eigenvalue weighted by atomic mass is 9.86. The Bertz CT molecular complexity index is 638. The Morgan fingerprint density at radius 3 is 2.33 bits per heavy atom. The van der Waals surface area contributed by atoms with E-state index < -0.39 is 17.2 Å². The molecule has 0 saturated carbocycles. The van der Waals surface area contributed by atoms with Crippen LogP contribution < -0.4 is 10.5 Å². The molecule has 2 nitrogen and oxygen atoms in total. The fourth-order valence-corrected chi connectivity index (χ4v) is 2.46. The third-order valence-corrected chi connectivity index (χ3v) is 3.56. The molecule has 0 heterocycles. The third kappa shape index (κ3) is 3.71. The van der Waals surface area contributed by atoms with Crippen LogP contribution in [0.3, 0.4) is 0 Å². The van der Waals surface area contributed by atoms with Crippen LogP contribution in [0.25, 0.3) is 0 Å². The average molecular weight is 312 g/mol. The van der Waals surface area contributed by atoms with E-state index >= 15 is 0 Å². The molecule has 0 aliphatic rings. The fraction of sp³-hybridized carbons (Fsp3) is 0.250. The lowest BCUT2D eigenvalue weighted by Gasteiger charge is -2.26. The maximum Gasteiger partial charge on any atom is 0.126 e. The lowest BCUT2D eigenvalue weighted by Crippen LogP contribution is -2.35. The van der Waals surface area contributed by atoms with Crippen LogP contribution in [0.4, 0.5) is 8.78 Å². The summed E-state index contributed by atoms with van der Waals surface area (Å²) in [7, 11) is 1.54. The molecular formula is C16H16ClF2NO. The molecule has 0 fully saturated rings. The summed E-state index contributed by atoms with van der Waals surface area (Å²) in [6, 6.07) is 8.47. The number of rotatable bonds is 4. The van der Waals surface area contributed by atoms with Gasteiger partial charge in [-0.2, -0.15) is 0 Å². The summed E-state index contributed by atoms with van der Waals surface area (Å²) in [5, 5.41) is 0.548. The lowest BCUT2D eigenvalue weighted by molar-refractivity contribution is 0.399. The van der Waals surface area contributed by atoms with Crippen molar-refractivity contribution in [2.45, 2.75) is 18.9 Å². The van der Waals surface area contributed by atoms with Crippen LogP contribution in [-0.4, -0.2) is 7.11 Å². The van der Waals surface area contributed by atoms with Crippen molar-refractivity contribution in [3.05, 3.63) is 64.2 Å². The molecular weight excluding hydrogens is 296 g/mol. The zero-order valence-electron chi connectivity index (χ0n) is 11.8. The van der Waals surface area contributed by atoms with Crippen molar-refractivity contribution in [2.75, 3.05) is 7.11 Å². The first-order valence-electron chi connectivity index (χ1n) is 6.40. The van der Waals surface area contributed by atoms with Crippen molar-refractivity contribution in [1.82, 2.24) is 0 Å². The average Bonchev–Trinajstić information content (AvgIpc) is 2.37. The maximum absolute atomic E-state index is 13.4. The first kappa shape index (κ1) is 15.7. The van der Waals surface area contributed by atoms with E-state index in [1.165, 1.54) is 12.1 Å². The molecule has 2 rings (SSSR count). The van der Waals surface area contributed by atoms with E-state index in [0.717, 1.165) is 11.6 Å². The fourth-order valence-electron chi connectivity index (χ4n) is 2.27. The van der Waals surface area contributed by atoms with E-state index in [-0.39, 0.29) is 0 Å². The minimum absolute atomic E-state index is 0.333. The van der Waals surface area contributed by atoms with Gasteiger partial charge in [-0.1, -0.05) is 11.6 Å². The zero-order chi connectivity index (χ0) is 15.6. The molecule has 0 radical (unpaired) electrons. The highest BCUT2D eigenvalue weighted by molar-refractivity contribution is 6.30. The van der Waals surface area contributed by atoms with Gasteiger partial charge in [-0.05, 0) is 54.8 Å². The van der Waals surface area contributed by atoms with Gasteiger partial charge < -0.3 is 10.5 Å². The minimum Gasteiger partial charge on any atom is -0.496 e. The van der Waals surface area contributed by atoms with Crippen molar-refractivity contribution < 1.29 is 13.5 Å². The molecule has 112 valence electrons. The first-order valence-corrected chi connectivity index (χ1v) is 6.77. The molecule has 1 unspecified atom stereocenters. The second-order valence-corrected chi connectivity index (χ2v) is 5.64. The van der Waals surface area contributed by atoms with Crippen LogP contribution in [0.1, 0.15) is 18.1 Å². The highest BCUT2D eigenvalue weighted by Crippen LogP contribution is 2.30. The molecule has 21 heavy (non-hydrogen) atoms. The number of halogens is 3. The third-order valence-electron chi connectivity index (χ3n) is 3.32. The van der Waals surface area contributed by atoms with Crippen molar-refractivity contribution in [3.63, 3.8) is 0 Å². The highest BCUT2D eigenvalue weighted by atomic mass is 35.5. The Balaban J connectivity index is 2.38. The topological polar surface area (TPSA) is 35.2 Å². The molecule has 0 bridgehead atoms. The predicted molar refractivity (Wildman–Crippen MR) is 79.6 cm³/mol. The minimum atomic E-state index is -0.957. The second-order valence-electron chi connectivity index (χ2n) is 5.21. The molecule has 2 N–H and O–H groups in total. The first-order chi connectivity index (χ1) is 9.81. The van der Waals surface area contributed by atoms with Crippen LogP contribution >= 0.6 is 11.6 Å². The van der Waals surface area contributed by atoms with Crippen molar-refractivity contribution >= 4 is 11.6 Å². The molecule has 5 heteroatoms. The van der Waals surface area contributed by atoms with Gasteiger partial charge in [-0.15, -0.1) is 0 Å². The van der Waals surface area contributed by atoms with Gasteiger partial charge in [-0.3, -0.25) is 0 Å². The van der Waals surface area contributed by atoms with Crippen LogP contribution in [-0.2, 0) is 12.0 Å². The van der Waals surface area contributed by atoms with Crippen molar-refractivity contribution in [1.29, 1.82) is 0 Å². The molecule has 0 amide bonds. The molecule has 0 aromatic heterocycles. The van der Waals surface area contributed by atoms with E-state index in [1.807, 2.05) is 0 Å². The summed E-state index contributed by atoms with van der Waals surface area (Å²) >= 11 is 5.98. The van der Waals surface area contributed by atoms with E-state index in [0.29, 0.717) is 22.8 Å². The molecule has 0 spiro atoms. The molecule has 2 aromatic rings. The molecule has 2 aromatic carbocycles. The Morgan fingerprint density at radius 2 is 1.76 bits per heavy atom. The van der Waals surface area contributed by atoms with E-state index in [2.05, 4.69) is 0 Å². The summed E-state index contributed by atoms with van der Waals surface area (Å²) in [4.78, 5) is 0. The van der Waals surface area contributed by atoms with E-state index in [9.17, 15) is 8.78 Å². The largest absolute Gasteiger partial charge is 0.496 e. The Hall–Kier alpha value is -1.65. The van der Waals surface area contributed by atoms with E-state index in [1.54, 1.807) is 32.2 Å². The van der Waals surface area contributed by atoms with Crippen molar-refractivity contribution in [2.24, 2.45) is 5.73 Å². The van der Waals surface area contributed by atoms with Crippen LogP contribution in [0, 0.1) is 11.6 Å². The molecule has 0 aliphatic carbocycles. The quantitative estimate of drug-likeness (QED) is 0.924. The second kappa shape index (κ2) is 6.00. The van der Waals surface area contributed by atoms with Gasteiger partial charge in [0.1, 0.15) is 17.4 Å². The number of hydrogen-bond acceptors (Lipinski definition) is 2. The highest BCUT2D eigenvalue weighted by Gasteiger charge is 2.25. The monoisotopic (exact) mass is 311 g/mol. The summed E-state index contributed by atoms with van der Waals surface area (Å²) in [5.74, 6) is -0.674. The Morgan fingerprint density at radius 1 is 1.14 bits per heavy atom. The smallest absolute Gasteiger partial charge is 0.126 e. The van der Waals surface area contributed by atoms with Gasteiger partial charge in [-0.25, -0.2) is 8.78 Å². The molecule has 0 aliphatic heterocycles. The van der Waals surface area contributed by atoms with Crippen LogP contribution in [0.2, 0.25) is 5.02 Å². The van der Waals surface area contributed by atoms with Crippen LogP contribution in [0.15, 0.2) is 36.4 Å².